The predicted molar refractivity (Wildman–Crippen MR) is 82.8 cm³/mol. The molecule has 0 radical (unpaired) electrons. The fourth-order valence-electron chi connectivity index (χ4n) is 4.09. The third kappa shape index (κ3) is 2.41. The largest absolute Gasteiger partial charge is 0.341 e. The van der Waals surface area contributed by atoms with E-state index in [4.69, 9.17) is 0 Å². The van der Waals surface area contributed by atoms with Crippen molar-refractivity contribution in [1.29, 1.82) is 0 Å². The van der Waals surface area contributed by atoms with Crippen molar-refractivity contribution in [2.24, 2.45) is 16.7 Å². The van der Waals surface area contributed by atoms with Gasteiger partial charge < -0.3 is 4.90 Å². The van der Waals surface area contributed by atoms with Gasteiger partial charge in [-0.15, -0.1) is 0 Å². The standard InChI is InChI=1S/C17H24N4O/c1-16(2)7-14(16)15(22)21-11-17(12-21)3-6-20(10-17)9-13-8-18-4-5-19-13/h4-5,8,14H,3,6-7,9-12H2,1-2H3/t14-/m1/s1. The van der Waals surface area contributed by atoms with E-state index in [2.05, 4.69) is 33.6 Å². The summed E-state index contributed by atoms with van der Waals surface area (Å²) in [6, 6.07) is 0. The lowest BCUT2D eigenvalue weighted by atomic mass is 9.78. The summed E-state index contributed by atoms with van der Waals surface area (Å²) >= 11 is 0. The third-order valence-electron chi connectivity index (χ3n) is 5.70. The number of likely N-dealkylation sites (tertiary alicyclic amines) is 2. The first kappa shape index (κ1) is 14.1. The summed E-state index contributed by atoms with van der Waals surface area (Å²) in [5.74, 6) is 0.671. The maximum Gasteiger partial charge on any atom is 0.226 e. The van der Waals surface area contributed by atoms with Gasteiger partial charge in [0.25, 0.3) is 0 Å². The molecule has 1 amide bonds. The SMILES string of the molecule is CC1(C)C[C@@H]1C(=O)N1CC2(CCN(Cc3cnccn3)C2)C1. The van der Waals surface area contributed by atoms with Gasteiger partial charge in [0.05, 0.1) is 5.69 Å². The van der Waals surface area contributed by atoms with Crippen LogP contribution in [0.15, 0.2) is 18.6 Å². The molecule has 2 aliphatic heterocycles. The summed E-state index contributed by atoms with van der Waals surface area (Å²) in [5, 5.41) is 0. The second-order valence-electron chi connectivity index (χ2n) is 8.10. The summed E-state index contributed by atoms with van der Waals surface area (Å²) in [5.41, 5.74) is 1.62. The molecule has 0 unspecified atom stereocenters. The number of aromatic nitrogens is 2. The number of hydrogen-bond acceptors (Lipinski definition) is 4. The Labute approximate surface area is 131 Å². The highest BCUT2D eigenvalue weighted by molar-refractivity contribution is 5.83. The molecule has 1 saturated carbocycles. The van der Waals surface area contributed by atoms with E-state index in [-0.39, 0.29) is 11.3 Å². The van der Waals surface area contributed by atoms with Gasteiger partial charge in [0.1, 0.15) is 0 Å². The number of rotatable bonds is 3. The van der Waals surface area contributed by atoms with Crippen molar-refractivity contribution in [2.45, 2.75) is 33.2 Å². The second-order valence-corrected chi connectivity index (χ2v) is 8.10. The fourth-order valence-corrected chi connectivity index (χ4v) is 4.09. The zero-order valence-corrected chi connectivity index (χ0v) is 13.5. The molecule has 1 atom stereocenters. The number of carbonyl (C=O) groups is 1. The van der Waals surface area contributed by atoms with Crippen LogP contribution in [0.25, 0.3) is 0 Å². The quantitative estimate of drug-likeness (QED) is 0.850. The van der Waals surface area contributed by atoms with Crippen LogP contribution in [0, 0.1) is 16.7 Å². The van der Waals surface area contributed by atoms with Gasteiger partial charge in [-0.25, -0.2) is 0 Å². The molecule has 4 rings (SSSR count). The van der Waals surface area contributed by atoms with Crippen LogP contribution in [0.1, 0.15) is 32.4 Å². The van der Waals surface area contributed by atoms with Gasteiger partial charge in [-0.1, -0.05) is 13.8 Å². The fraction of sp³-hybridized carbons (Fsp3) is 0.706. The molecule has 3 aliphatic rings. The van der Waals surface area contributed by atoms with E-state index in [0.717, 1.165) is 44.8 Å². The number of amides is 1. The molecule has 0 aromatic carbocycles. The van der Waals surface area contributed by atoms with Gasteiger partial charge in [-0.05, 0) is 24.8 Å². The molecular weight excluding hydrogens is 276 g/mol. The molecule has 3 heterocycles. The van der Waals surface area contributed by atoms with Crippen LogP contribution >= 0.6 is 0 Å². The molecule has 1 spiro atoms. The Bertz CT molecular complexity index is 580. The molecular formula is C17H24N4O. The lowest BCUT2D eigenvalue weighted by Crippen LogP contribution is -2.60. The smallest absolute Gasteiger partial charge is 0.226 e. The lowest BCUT2D eigenvalue weighted by molar-refractivity contribution is -0.145. The maximum atomic E-state index is 12.4. The summed E-state index contributed by atoms with van der Waals surface area (Å²) in [6.45, 7) is 9.37. The summed E-state index contributed by atoms with van der Waals surface area (Å²) in [7, 11) is 0. The van der Waals surface area contributed by atoms with Gasteiger partial charge in [0.15, 0.2) is 0 Å². The van der Waals surface area contributed by atoms with E-state index >= 15 is 0 Å². The summed E-state index contributed by atoms with van der Waals surface area (Å²) < 4.78 is 0. The van der Waals surface area contributed by atoms with Crippen molar-refractivity contribution < 1.29 is 4.79 Å². The van der Waals surface area contributed by atoms with E-state index in [1.807, 2.05) is 6.20 Å². The molecule has 0 N–H and O–H groups in total. The average molecular weight is 300 g/mol. The van der Waals surface area contributed by atoms with E-state index < -0.39 is 0 Å². The number of carbonyl (C=O) groups excluding carboxylic acids is 1. The van der Waals surface area contributed by atoms with Crippen LogP contribution in [-0.4, -0.2) is 51.9 Å². The van der Waals surface area contributed by atoms with Gasteiger partial charge >= 0.3 is 0 Å². The highest BCUT2D eigenvalue weighted by Crippen LogP contribution is 2.54. The number of hydrogen-bond donors (Lipinski definition) is 0. The zero-order chi connectivity index (χ0) is 15.4. The van der Waals surface area contributed by atoms with E-state index in [1.165, 1.54) is 6.42 Å². The molecule has 5 heteroatoms. The molecule has 1 aliphatic carbocycles. The van der Waals surface area contributed by atoms with Crippen LogP contribution in [0.5, 0.6) is 0 Å². The molecule has 3 fully saturated rings. The first-order valence-corrected chi connectivity index (χ1v) is 8.24. The molecule has 1 aromatic rings. The van der Waals surface area contributed by atoms with Crippen LogP contribution in [0.4, 0.5) is 0 Å². The predicted octanol–water partition coefficient (Wildman–Crippen LogP) is 1.56. The lowest BCUT2D eigenvalue weighted by Gasteiger charge is -2.48. The minimum absolute atomic E-state index is 0.244. The Morgan fingerprint density at radius 1 is 1.32 bits per heavy atom. The van der Waals surface area contributed by atoms with E-state index in [0.29, 0.717) is 11.3 Å². The second kappa shape index (κ2) is 4.75. The summed E-state index contributed by atoms with van der Waals surface area (Å²) in [6.07, 6.45) is 7.57. The van der Waals surface area contributed by atoms with Crippen molar-refractivity contribution in [3.63, 3.8) is 0 Å². The van der Waals surface area contributed by atoms with Crippen molar-refractivity contribution >= 4 is 5.91 Å². The zero-order valence-electron chi connectivity index (χ0n) is 13.5. The highest BCUT2D eigenvalue weighted by atomic mass is 16.2. The van der Waals surface area contributed by atoms with Crippen molar-refractivity contribution in [2.75, 3.05) is 26.2 Å². The van der Waals surface area contributed by atoms with E-state index in [9.17, 15) is 4.79 Å². The third-order valence-corrected chi connectivity index (χ3v) is 5.70. The topological polar surface area (TPSA) is 49.3 Å². The molecule has 2 saturated heterocycles. The maximum absolute atomic E-state index is 12.4. The summed E-state index contributed by atoms with van der Waals surface area (Å²) in [4.78, 5) is 25.4. The van der Waals surface area contributed by atoms with Crippen LogP contribution in [-0.2, 0) is 11.3 Å². The van der Waals surface area contributed by atoms with Crippen molar-refractivity contribution in [3.8, 4) is 0 Å². The minimum atomic E-state index is 0.244. The van der Waals surface area contributed by atoms with Crippen LogP contribution in [0.3, 0.4) is 0 Å². The first-order valence-electron chi connectivity index (χ1n) is 8.24. The van der Waals surface area contributed by atoms with Crippen LogP contribution in [0.2, 0.25) is 0 Å². The molecule has 5 nitrogen and oxygen atoms in total. The molecule has 22 heavy (non-hydrogen) atoms. The van der Waals surface area contributed by atoms with Gasteiger partial charge in [-0.2, -0.15) is 0 Å². The molecule has 0 bridgehead atoms. The Morgan fingerprint density at radius 3 is 2.73 bits per heavy atom. The van der Waals surface area contributed by atoms with Crippen LogP contribution < -0.4 is 0 Å². The minimum Gasteiger partial charge on any atom is -0.341 e. The Kier molecular flexibility index (Phi) is 3.05. The van der Waals surface area contributed by atoms with Gasteiger partial charge in [0, 0.05) is 56.1 Å². The molecule has 1 aromatic heterocycles. The first-order chi connectivity index (χ1) is 10.5. The van der Waals surface area contributed by atoms with Gasteiger partial charge in [-0.3, -0.25) is 19.7 Å². The Morgan fingerprint density at radius 2 is 2.09 bits per heavy atom. The van der Waals surface area contributed by atoms with Gasteiger partial charge in [0.2, 0.25) is 5.91 Å². The van der Waals surface area contributed by atoms with E-state index in [1.54, 1.807) is 12.4 Å². The molecule has 118 valence electrons. The Balaban J connectivity index is 1.30. The van der Waals surface area contributed by atoms with Crippen molar-refractivity contribution in [1.82, 2.24) is 19.8 Å². The normalized spacial score (nSPS) is 28.6. The Hall–Kier alpha value is -1.49. The average Bonchev–Trinajstić information content (AvgIpc) is 2.91. The highest BCUT2D eigenvalue weighted by Gasteiger charge is 2.56. The van der Waals surface area contributed by atoms with Crippen molar-refractivity contribution in [3.05, 3.63) is 24.3 Å². The monoisotopic (exact) mass is 300 g/mol. The number of nitrogens with zero attached hydrogens (tertiary/aromatic N) is 4.